The average Bonchev–Trinajstić information content (AvgIpc) is 3.18. The predicted octanol–water partition coefficient (Wildman–Crippen LogP) is 5.14. The van der Waals surface area contributed by atoms with Gasteiger partial charge in [-0.05, 0) is 48.5 Å². The van der Waals surface area contributed by atoms with Crippen molar-refractivity contribution in [2.24, 2.45) is 0 Å². The van der Waals surface area contributed by atoms with E-state index in [1.54, 1.807) is 0 Å². The Kier molecular flexibility index (Phi) is 4.60. The molecule has 0 fully saturated rings. The Morgan fingerprint density at radius 3 is 2.12 bits per heavy atom. The maximum absolute atomic E-state index is 5.78. The maximum Gasteiger partial charge on any atom is 0.247 e. The molecular weight excluding hydrogens is 326 g/mol. The van der Waals surface area contributed by atoms with Gasteiger partial charge in [0.05, 0.1) is 6.54 Å². The molecule has 0 aliphatic heterocycles. The molecule has 0 spiro atoms. The molecule has 0 unspecified atom stereocenters. The van der Waals surface area contributed by atoms with Crippen molar-refractivity contribution in [3.8, 4) is 23.0 Å². The van der Waals surface area contributed by atoms with Crippen molar-refractivity contribution in [1.29, 1.82) is 0 Å². The van der Waals surface area contributed by atoms with Gasteiger partial charge in [0.15, 0.2) is 0 Å². The number of nitrogens with one attached hydrogen (secondary N) is 1. The fourth-order valence-electron chi connectivity index (χ4n) is 2.47. The van der Waals surface area contributed by atoms with Crippen LogP contribution < -0.4 is 10.1 Å². The van der Waals surface area contributed by atoms with E-state index in [2.05, 4.69) is 15.5 Å². The molecule has 1 heterocycles. The van der Waals surface area contributed by atoms with Gasteiger partial charge < -0.3 is 14.5 Å². The van der Waals surface area contributed by atoms with E-state index in [1.165, 1.54) is 0 Å². The number of hydrogen-bond acceptors (Lipinski definition) is 5. The topological polar surface area (TPSA) is 60.2 Å². The van der Waals surface area contributed by atoms with Crippen molar-refractivity contribution in [2.45, 2.75) is 6.54 Å². The van der Waals surface area contributed by atoms with Crippen LogP contribution in [0.2, 0.25) is 0 Å². The summed E-state index contributed by atoms with van der Waals surface area (Å²) < 4.78 is 11.5. The standard InChI is InChI=1S/C21H17N3O2/c1-3-7-16(8-4-1)21-24-23-20(26-21)15-22-17-11-13-19(14-12-17)25-18-9-5-2-6-10-18/h1-14,22H,15H2. The van der Waals surface area contributed by atoms with Crippen LogP contribution >= 0.6 is 0 Å². The van der Waals surface area contributed by atoms with E-state index in [9.17, 15) is 0 Å². The van der Waals surface area contributed by atoms with Crippen LogP contribution in [0.4, 0.5) is 5.69 Å². The normalized spacial score (nSPS) is 10.5. The van der Waals surface area contributed by atoms with E-state index in [0.717, 1.165) is 22.7 Å². The van der Waals surface area contributed by atoms with Crippen LogP contribution in [0.25, 0.3) is 11.5 Å². The third-order valence-corrected chi connectivity index (χ3v) is 3.76. The van der Waals surface area contributed by atoms with E-state index in [0.29, 0.717) is 18.3 Å². The van der Waals surface area contributed by atoms with Crippen molar-refractivity contribution in [3.63, 3.8) is 0 Å². The maximum atomic E-state index is 5.78. The first-order valence-corrected chi connectivity index (χ1v) is 8.31. The summed E-state index contributed by atoms with van der Waals surface area (Å²) in [5.74, 6) is 2.65. The lowest BCUT2D eigenvalue weighted by Gasteiger charge is -2.07. The highest BCUT2D eigenvalue weighted by molar-refractivity contribution is 5.52. The Labute approximate surface area is 151 Å². The van der Waals surface area contributed by atoms with Crippen LogP contribution in [-0.2, 0) is 6.54 Å². The molecule has 0 aliphatic carbocycles. The number of rotatable bonds is 6. The van der Waals surface area contributed by atoms with Gasteiger partial charge in [-0.2, -0.15) is 0 Å². The minimum atomic E-state index is 0.457. The van der Waals surface area contributed by atoms with Gasteiger partial charge in [-0.25, -0.2) is 0 Å². The summed E-state index contributed by atoms with van der Waals surface area (Å²) in [4.78, 5) is 0. The molecule has 26 heavy (non-hydrogen) atoms. The Morgan fingerprint density at radius 2 is 1.38 bits per heavy atom. The first kappa shape index (κ1) is 15.9. The number of aromatic nitrogens is 2. The van der Waals surface area contributed by atoms with E-state index in [4.69, 9.17) is 9.15 Å². The monoisotopic (exact) mass is 343 g/mol. The minimum Gasteiger partial charge on any atom is -0.457 e. The fraction of sp³-hybridized carbons (Fsp3) is 0.0476. The summed E-state index contributed by atoms with van der Waals surface area (Å²) in [6, 6.07) is 27.1. The second kappa shape index (κ2) is 7.53. The highest BCUT2D eigenvalue weighted by Crippen LogP contribution is 2.23. The molecule has 0 atom stereocenters. The zero-order valence-corrected chi connectivity index (χ0v) is 14.0. The molecule has 0 bridgehead atoms. The minimum absolute atomic E-state index is 0.457. The number of para-hydroxylation sites is 1. The smallest absolute Gasteiger partial charge is 0.247 e. The van der Waals surface area contributed by atoms with Crippen LogP contribution in [0.5, 0.6) is 11.5 Å². The van der Waals surface area contributed by atoms with Gasteiger partial charge in [0.2, 0.25) is 11.8 Å². The van der Waals surface area contributed by atoms with E-state index >= 15 is 0 Å². The molecule has 0 saturated carbocycles. The van der Waals surface area contributed by atoms with Crippen molar-refractivity contribution in [2.75, 3.05) is 5.32 Å². The predicted molar refractivity (Wildman–Crippen MR) is 100 cm³/mol. The molecule has 3 aromatic carbocycles. The second-order valence-electron chi connectivity index (χ2n) is 5.66. The van der Waals surface area contributed by atoms with Crippen molar-refractivity contribution < 1.29 is 9.15 Å². The van der Waals surface area contributed by atoms with Crippen LogP contribution in [0, 0.1) is 0 Å². The van der Waals surface area contributed by atoms with Crippen LogP contribution in [0.3, 0.4) is 0 Å². The summed E-state index contributed by atoms with van der Waals surface area (Å²) in [5, 5.41) is 11.4. The zero-order chi connectivity index (χ0) is 17.6. The third-order valence-electron chi connectivity index (χ3n) is 3.76. The first-order valence-electron chi connectivity index (χ1n) is 8.31. The Hall–Kier alpha value is -3.60. The van der Waals surface area contributed by atoms with Crippen molar-refractivity contribution >= 4 is 5.69 Å². The van der Waals surface area contributed by atoms with Gasteiger partial charge in [0.1, 0.15) is 11.5 Å². The van der Waals surface area contributed by atoms with E-state index < -0.39 is 0 Å². The molecule has 0 amide bonds. The molecule has 0 radical (unpaired) electrons. The Bertz CT molecular complexity index is 951. The molecule has 0 aliphatic rings. The largest absolute Gasteiger partial charge is 0.457 e. The van der Waals surface area contributed by atoms with Gasteiger partial charge in [0.25, 0.3) is 0 Å². The Morgan fingerprint density at radius 1 is 0.731 bits per heavy atom. The van der Waals surface area contributed by atoms with Gasteiger partial charge in [0, 0.05) is 11.3 Å². The number of hydrogen-bond donors (Lipinski definition) is 1. The molecule has 128 valence electrons. The number of anilines is 1. The van der Waals surface area contributed by atoms with Gasteiger partial charge in [-0.15, -0.1) is 10.2 Å². The molecule has 5 heteroatoms. The summed E-state index contributed by atoms with van der Waals surface area (Å²) >= 11 is 0. The molecule has 4 rings (SSSR count). The first-order chi connectivity index (χ1) is 12.9. The number of benzene rings is 3. The summed E-state index contributed by atoms with van der Waals surface area (Å²) in [6.07, 6.45) is 0. The lowest BCUT2D eigenvalue weighted by molar-refractivity contribution is 0.483. The van der Waals surface area contributed by atoms with Gasteiger partial charge in [-0.3, -0.25) is 0 Å². The third kappa shape index (κ3) is 3.89. The molecule has 4 aromatic rings. The summed E-state index contributed by atoms with van der Waals surface area (Å²) in [7, 11) is 0. The van der Waals surface area contributed by atoms with Crippen molar-refractivity contribution in [1.82, 2.24) is 10.2 Å². The van der Waals surface area contributed by atoms with Crippen LogP contribution in [-0.4, -0.2) is 10.2 Å². The SMILES string of the molecule is c1ccc(Oc2ccc(NCc3nnc(-c4ccccc4)o3)cc2)cc1. The van der Waals surface area contributed by atoms with E-state index in [-0.39, 0.29) is 0 Å². The number of nitrogens with zero attached hydrogens (tertiary/aromatic N) is 2. The van der Waals surface area contributed by atoms with Crippen molar-refractivity contribution in [3.05, 3.63) is 90.8 Å². The summed E-state index contributed by atoms with van der Waals surface area (Å²) in [5.41, 5.74) is 1.86. The number of ether oxygens (including phenoxy) is 1. The highest BCUT2D eigenvalue weighted by atomic mass is 16.5. The second-order valence-corrected chi connectivity index (χ2v) is 5.66. The lowest BCUT2D eigenvalue weighted by atomic mass is 10.2. The molecular formula is C21H17N3O2. The van der Waals surface area contributed by atoms with Crippen LogP contribution in [0.15, 0.2) is 89.3 Å². The molecule has 1 N–H and O–H groups in total. The fourth-order valence-corrected chi connectivity index (χ4v) is 2.47. The zero-order valence-electron chi connectivity index (χ0n) is 14.0. The Balaban J connectivity index is 1.36. The van der Waals surface area contributed by atoms with Gasteiger partial charge in [-0.1, -0.05) is 36.4 Å². The molecule has 5 nitrogen and oxygen atoms in total. The lowest BCUT2D eigenvalue weighted by Crippen LogP contribution is -1.99. The summed E-state index contributed by atoms with van der Waals surface area (Å²) in [6.45, 7) is 0.457. The average molecular weight is 343 g/mol. The highest BCUT2D eigenvalue weighted by Gasteiger charge is 2.07. The molecule has 1 aromatic heterocycles. The van der Waals surface area contributed by atoms with Crippen LogP contribution in [0.1, 0.15) is 5.89 Å². The molecule has 0 saturated heterocycles. The van der Waals surface area contributed by atoms with E-state index in [1.807, 2.05) is 84.9 Å². The quantitative estimate of drug-likeness (QED) is 0.525. The van der Waals surface area contributed by atoms with Gasteiger partial charge >= 0.3 is 0 Å².